The highest BCUT2D eigenvalue weighted by atomic mass is 16.5. The monoisotopic (exact) mass is 288 g/mol. The lowest BCUT2D eigenvalue weighted by atomic mass is 10.1. The number of carbonyl (C=O) groups is 1. The molecule has 2 rings (SSSR count). The molecule has 5 nitrogen and oxygen atoms in total. The molecule has 112 valence electrons. The molecular formula is C16H20N2O3. The van der Waals surface area contributed by atoms with E-state index in [9.17, 15) is 9.90 Å². The summed E-state index contributed by atoms with van der Waals surface area (Å²) in [4.78, 5) is 11.3. The van der Waals surface area contributed by atoms with E-state index in [0.29, 0.717) is 18.3 Å². The average molecular weight is 288 g/mol. The molecule has 5 heteroatoms. The first-order chi connectivity index (χ1) is 10.1. The highest BCUT2D eigenvalue weighted by molar-refractivity contribution is 5.88. The summed E-state index contributed by atoms with van der Waals surface area (Å²) in [6.45, 7) is 4.70. The minimum Gasteiger partial charge on any atom is -0.489 e. The van der Waals surface area contributed by atoms with Crippen LogP contribution < -0.4 is 4.74 Å². The van der Waals surface area contributed by atoms with Gasteiger partial charge in [0, 0.05) is 0 Å². The van der Waals surface area contributed by atoms with Crippen molar-refractivity contribution in [3.05, 3.63) is 42.2 Å². The molecule has 21 heavy (non-hydrogen) atoms. The largest absolute Gasteiger partial charge is 0.489 e. The third-order valence-corrected chi connectivity index (χ3v) is 3.21. The Morgan fingerprint density at radius 3 is 2.71 bits per heavy atom. The van der Waals surface area contributed by atoms with Crippen molar-refractivity contribution in [2.24, 2.45) is 5.92 Å². The van der Waals surface area contributed by atoms with Crippen LogP contribution in [0.4, 0.5) is 0 Å². The average Bonchev–Trinajstić information content (AvgIpc) is 2.91. The summed E-state index contributed by atoms with van der Waals surface area (Å²) in [7, 11) is 0. The minimum absolute atomic E-state index is 0.0532. The van der Waals surface area contributed by atoms with Crippen LogP contribution in [0.3, 0.4) is 0 Å². The fraction of sp³-hybridized carbons (Fsp3) is 0.375. The number of aromatic nitrogens is 2. The van der Waals surface area contributed by atoms with Crippen LogP contribution >= 0.6 is 0 Å². The van der Waals surface area contributed by atoms with Gasteiger partial charge in [0.2, 0.25) is 5.69 Å². The van der Waals surface area contributed by atoms with Gasteiger partial charge in [-0.1, -0.05) is 38.5 Å². The van der Waals surface area contributed by atoms with Gasteiger partial charge in [-0.2, -0.15) is 5.10 Å². The molecule has 0 fully saturated rings. The molecule has 0 spiro atoms. The van der Waals surface area contributed by atoms with Gasteiger partial charge in [-0.25, -0.2) is 9.48 Å². The zero-order chi connectivity index (χ0) is 15.2. The molecule has 1 aromatic heterocycles. The van der Waals surface area contributed by atoms with Crippen LogP contribution in [0.5, 0.6) is 5.75 Å². The van der Waals surface area contributed by atoms with Crippen LogP contribution in [0.2, 0.25) is 0 Å². The number of hydrogen-bond donors (Lipinski definition) is 1. The van der Waals surface area contributed by atoms with Gasteiger partial charge in [-0.3, -0.25) is 0 Å². The van der Waals surface area contributed by atoms with E-state index in [1.54, 1.807) is 6.20 Å². The Labute approximate surface area is 124 Å². The standard InChI is InChI=1S/C16H20N2O3/c1-3-7-12(2)11-21-14-10-18(17-15(14)16(19)20)13-8-5-4-6-9-13/h4-6,8-10,12H,3,7,11H2,1-2H3,(H,19,20). The first-order valence-electron chi connectivity index (χ1n) is 7.13. The number of aromatic carboxylic acids is 1. The molecule has 0 saturated carbocycles. The second-order valence-corrected chi connectivity index (χ2v) is 5.13. The number of carboxylic acids is 1. The third-order valence-electron chi connectivity index (χ3n) is 3.21. The van der Waals surface area contributed by atoms with Crippen LogP contribution in [-0.2, 0) is 0 Å². The van der Waals surface area contributed by atoms with E-state index in [4.69, 9.17) is 4.74 Å². The van der Waals surface area contributed by atoms with Crippen LogP contribution in [0.15, 0.2) is 36.5 Å². The number of hydrogen-bond acceptors (Lipinski definition) is 3. The lowest BCUT2D eigenvalue weighted by Gasteiger charge is -2.10. The Morgan fingerprint density at radius 2 is 2.10 bits per heavy atom. The number of carboxylic acid groups (broad SMARTS) is 1. The maximum absolute atomic E-state index is 11.3. The predicted octanol–water partition coefficient (Wildman–Crippen LogP) is 3.39. The van der Waals surface area contributed by atoms with Gasteiger partial charge < -0.3 is 9.84 Å². The summed E-state index contributed by atoms with van der Waals surface area (Å²) in [6, 6.07) is 9.38. The van der Waals surface area contributed by atoms with Crippen molar-refractivity contribution in [3.63, 3.8) is 0 Å². The highest BCUT2D eigenvalue weighted by Crippen LogP contribution is 2.21. The van der Waals surface area contributed by atoms with Gasteiger partial charge in [0.25, 0.3) is 0 Å². The van der Waals surface area contributed by atoms with E-state index in [1.807, 2.05) is 30.3 Å². The SMILES string of the molecule is CCCC(C)COc1cn(-c2ccccc2)nc1C(=O)O. The molecule has 0 aliphatic heterocycles. The maximum Gasteiger partial charge on any atom is 0.360 e. The van der Waals surface area contributed by atoms with Crippen LogP contribution in [-0.4, -0.2) is 27.5 Å². The van der Waals surface area contributed by atoms with Crippen molar-refractivity contribution in [3.8, 4) is 11.4 Å². The molecule has 1 heterocycles. The molecule has 2 aromatic rings. The zero-order valence-corrected chi connectivity index (χ0v) is 12.3. The fourth-order valence-electron chi connectivity index (χ4n) is 2.13. The molecule has 1 N–H and O–H groups in total. The summed E-state index contributed by atoms with van der Waals surface area (Å²) in [5, 5.41) is 13.3. The van der Waals surface area contributed by atoms with Crippen LogP contribution in [0, 0.1) is 5.92 Å². The Bertz CT molecular complexity index is 593. The first-order valence-corrected chi connectivity index (χ1v) is 7.13. The van der Waals surface area contributed by atoms with Gasteiger partial charge >= 0.3 is 5.97 Å². The van der Waals surface area contributed by atoms with E-state index < -0.39 is 5.97 Å². The van der Waals surface area contributed by atoms with E-state index in [1.165, 1.54) is 4.68 Å². The number of ether oxygens (including phenoxy) is 1. The Morgan fingerprint density at radius 1 is 1.38 bits per heavy atom. The van der Waals surface area contributed by atoms with Crippen LogP contribution in [0.25, 0.3) is 5.69 Å². The lowest BCUT2D eigenvalue weighted by molar-refractivity contribution is 0.0684. The van der Waals surface area contributed by atoms with E-state index in [0.717, 1.165) is 18.5 Å². The quantitative estimate of drug-likeness (QED) is 0.848. The van der Waals surface area contributed by atoms with Crippen molar-refractivity contribution in [1.29, 1.82) is 0 Å². The maximum atomic E-state index is 11.3. The first kappa shape index (κ1) is 15.1. The molecule has 0 amide bonds. The summed E-state index contributed by atoms with van der Waals surface area (Å²) in [5.41, 5.74) is 0.749. The Kier molecular flexibility index (Phi) is 4.98. The molecule has 0 aliphatic carbocycles. The van der Waals surface area contributed by atoms with Gasteiger partial charge in [-0.15, -0.1) is 0 Å². The number of nitrogens with zero attached hydrogens (tertiary/aromatic N) is 2. The molecule has 1 aromatic carbocycles. The summed E-state index contributed by atoms with van der Waals surface area (Å²) in [5.74, 6) is -0.381. The number of para-hydroxylation sites is 1. The smallest absolute Gasteiger partial charge is 0.360 e. The summed E-state index contributed by atoms with van der Waals surface area (Å²) in [6.07, 6.45) is 3.76. The van der Waals surface area contributed by atoms with Crippen molar-refractivity contribution in [2.75, 3.05) is 6.61 Å². The number of benzene rings is 1. The van der Waals surface area contributed by atoms with E-state index in [2.05, 4.69) is 18.9 Å². The third kappa shape index (κ3) is 3.84. The molecule has 1 unspecified atom stereocenters. The van der Waals surface area contributed by atoms with Crippen molar-refractivity contribution in [2.45, 2.75) is 26.7 Å². The van der Waals surface area contributed by atoms with Crippen molar-refractivity contribution >= 4 is 5.97 Å². The molecule has 0 bridgehead atoms. The normalized spacial score (nSPS) is 12.1. The lowest BCUT2D eigenvalue weighted by Crippen LogP contribution is -2.10. The van der Waals surface area contributed by atoms with Crippen molar-refractivity contribution < 1.29 is 14.6 Å². The Balaban J connectivity index is 2.20. The van der Waals surface area contributed by atoms with Gasteiger partial charge in [0.05, 0.1) is 18.5 Å². The molecular weight excluding hydrogens is 268 g/mol. The van der Waals surface area contributed by atoms with E-state index in [-0.39, 0.29) is 5.69 Å². The molecule has 0 aliphatic rings. The highest BCUT2D eigenvalue weighted by Gasteiger charge is 2.18. The number of rotatable bonds is 7. The summed E-state index contributed by atoms with van der Waals surface area (Å²) >= 11 is 0. The zero-order valence-electron chi connectivity index (χ0n) is 12.3. The minimum atomic E-state index is -1.08. The van der Waals surface area contributed by atoms with Gasteiger partial charge in [0.15, 0.2) is 5.75 Å². The fourth-order valence-corrected chi connectivity index (χ4v) is 2.13. The van der Waals surface area contributed by atoms with Crippen molar-refractivity contribution in [1.82, 2.24) is 9.78 Å². The van der Waals surface area contributed by atoms with Crippen LogP contribution in [0.1, 0.15) is 37.2 Å². The molecule has 0 saturated heterocycles. The predicted molar refractivity (Wildman–Crippen MR) is 80.1 cm³/mol. The molecule has 0 radical (unpaired) electrons. The topological polar surface area (TPSA) is 64.4 Å². The second kappa shape index (κ2) is 6.92. The molecule has 1 atom stereocenters. The van der Waals surface area contributed by atoms with Gasteiger partial charge in [0.1, 0.15) is 0 Å². The second-order valence-electron chi connectivity index (χ2n) is 5.13. The van der Waals surface area contributed by atoms with Gasteiger partial charge in [-0.05, 0) is 24.5 Å². The Hall–Kier alpha value is -2.30. The van der Waals surface area contributed by atoms with E-state index >= 15 is 0 Å². The summed E-state index contributed by atoms with van der Waals surface area (Å²) < 4.78 is 7.18.